The number of nitrogens with zero attached hydrogens (tertiary/aromatic N) is 2. The van der Waals surface area contributed by atoms with E-state index in [1.54, 1.807) is 0 Å². The van der Waals surface area contributed by atoms with Gasteiger partial charge in [-0.1, -0.05) is 0 Å². The normalized spacial score (nSPS) is 10.2. The van der Waals surface area contributed by atoms with Gasteiger partial charge in [0, 0.05) is 26.7 Å². The zero-order valence-corrected chi connectivity index (χ0v) is 9.49. The van der Waals surface area contributed by atoms with Gasteiger partial charge in [-0.05, 0) is 14.1 Å². The Balaban J connectivity index is 3.84. The van der Waals surface area contributed by atoms with Crippen LogP contribution in [-0.4, -0.2) is 74.1 Å². The zero-order chi connectivity index (χ0) is 11.8. The van der Waals surface area contributed by atoms with Crippen molar-refractivity contribution in [1.82, 2.24) is 15.1 Å². The first-order chi connectivity index (χ1) is 6.99. The molecular weight excluding hydrogens is 198 g/mol. The van der Waals surface area contributed by atoms with Crippen molar-refractivity contribution in [3.05, 3.63) is 0 Å². The predicted molar refractivity (Wildman–Crippen MR) is 56.3 cm³/mol. The summed E-state index contributed by atoms with van der Waals surface area (Å²) in [7, 11) is 5.24. The second-order valence-electron chi connectivity index (χ2n) is 3.51. The Hall–Kier alpha value is -1.14. The van der Waals surface area contributed by atoms with Crippen molar-refractivity contribution in [2.45, 2.75) is 0 Å². The van der Waals surface area contributed by atoms with E-state index in [1.807, 2.05) is 19.0 Å². The van der Waals surface area contributed by atoms with Crippen LogP contribution in [0.4, 0.5) is 0 Å². The van der Waals surface area contributed by atoms with E-state index in [0.717, 1.165) is 0 Å². The number of aliphatic hydroxyl groups is 1. The highest BCUT2D eigenvalue weighted by atomic mass is 16.3. The average Bonchev–Trinajstić information content (AvgIpc) is 2.16. The fourth-order valence-corrected chi connectivity index (χ4v) is 0.894. The molecule has 88 valence electrons. The van der Waals surface area contributed by atoms with E-state index < -0.39 is 11.8 Å². The first-order valence-electron chi connectivity index (χ1n) is 4.78. The van der Waals surface area contributed by atoms with Gasteiger partial charge in [-0.3, -0.25) is 9.59 Å². The van der Waals surface area contributed by atoms with Crippen LogP contribution in [0.15, 0.2) is 0 Å². The molecule has 0 saturated heterocycles. The van der Waals surface area contributed by atoms with Crippen LogP contribution in [-0.2, 0) is 9.59 Å². The van der Waals surface area contributed by atoms with E-state index in [-0.39, 0.29) is 13.2 Å². The first-order valence-corrected chi connectivity index (χ1v) is 4.78. The molecule has 0 atom stereocenters. The van der Waals surface area contributed by atoms with Crippen LogP contribution in [0.2, 0.25) is 0 Å². The SMILES string of the molecule is CN(C)CCNC(=O)C(=O)N(C)CCO. The molecule has 0 aromatic heterocycles. The van der Waals surface area contributed by atoms with Crippen LogP contribution in [0.1, 0.15) is 0 Å². The molecule has 0 fully saturated rings. The summed E-state index contributed by atoms with van der Waals surface area (Å²) in [6.45, 7) is 1.14. The van der Waals surface area contributed by atoms with Crippen molar-refractivity contribution in [2.24, 2.45) is 0 Å². The highest BCUT2D eigenvalue weighted by molar-refractivity contribution is 6.34. The van der Waals surface area contributed by atoms with Crippen molar-refractivity contribution in [1.29, 1.82) is 0 Å². The lowest BCUT2D eigenvalue weighted by Crippen LogP contribution is -2.43. The maximum Gasteiger partial charge on any atom is 0.311 e. The van der Waals surface area contributed by atoms with Gasteiger partial charge in [0.1, 0.15) is 0 Å². The average molecular weight is 217 g/mol. The van der Waals surface area contributed by atoms with Gasteiger partial charge in [-0.15, -0.1) is 0 Å². The number of hydrogen-bond donors (Lipinski definition) is 2. The summed E-state index contributed by atoms with van der Waals surface area (Å²) < 4.78 is 0. The Morgan fingerprint density at radius 2 is 1.80 bits per heavy atom. The van der Waals surface area contributed by atoms with Gasteiger partial charge in [-0.25, -0.2) is 0 Å². The maximum absolute atomic E-state index is 11.3. The lowest BCUT2D eigenvalue weighted by atomic mass is 10.4. The summed E-state index contributed by atoms with van der Waals surface area (Å²) in [4.78, 5) is 25.6. The standard InChI is InChI=1S/C9H19N3O3/c1-11(2)5-4-10-8(14)9(15)12(3)6-7-13/h13H,4-7H2,1-3H3,(H,10,14). The van der Waals surface area contributed by atoms with E-state index >= 15 is 0 Å². The molecule has 6 heteroatoms. The first kappa shape index (κ1) is 13.9. The van der Waals surface area contributed by atoms with Crippen LogP contribution < -0.4 is 5.32 Å². The minimum absolute atomic E-state index is 0.146. The van der Waals surface area contributed by atoms with Gasteiger partial charge in [0.25, 0.3) is 0 Å². The number of hydrogen-bond acceptors (Lipinski definition) is 4. The minimum atomic E-state index is -0.632. The molecule has 0 spiro atoms. The molecule has 0 aliphatic rings. The molecule has 0 unspecified atom stereocenters. The third-order valence-corrected chi connectivity index (χ3v) is 1.82. The van der Waals surface area contributed by atoms with E-state index in [0.29, 0.717) is 13.1 Å². The van der Waals surface area contributed by atoms with E-state index in [2.05, 4.69) is 5.32 Å². The maximum atomic E-state index is 11.3. The second-order valence-corrected chi connectivity index (χ2v) is 3.51. The number of rotatable bonds is 5. The summed E-state index contributed by atoms with van der Waals surface area (Å²) in [5.41, 5.74) is 0. The van der Waals surface area contributed by atoms with Crippen molar-refractivity contribution in [2.75, 3.05) is 47.4 Å². The number of aliphatic hydroxyl groups excluding tert-OH is 1. The molecule has 6 nitrogen and oxygen atoms in total. The van der Waals surface area contributed by atoms with Crippen molar-refractivity contribution >= 4 is 11.8 Å². The van der Waals surface area contributed by atoms with Crippen LogP contribution in [0.25, 0.3) is 0 Å². The zero-order valence-electron chi connectivity index (χ0n) is 9.49. The molecule has 0 aromatic rings. The molecule has 0 aliphatic carbocycles. The fraction of sp³-hybridized carbons (Fsp3) is 0.778. The molecule has 2 amide bonds. The molecule has 0 aromatic carbocycles. The summed E-state index contributed by atoms with van der Waals surface area (Å²) in [5, 5.41) is 11.1. The highest BCUT2D eigenvalue weighted by Gasteiger charge is 2.17. The molecule has 0 heterocycles. The summed E-state index contributed by atoms with van der Waals surface area (Å²) in [6, 6.07) is 0. The number of nitrogens with one attached hydrogen (secondary N) is 1. The Morgan fingerprint density at radius 3 is 2.27 bits per heavy atom. The Kier molecular flexibility index (Phi) is 6.64. The van der Waals surface area contributed by atoms with Crippen LogP contribution in [0.5, 0.6) is 0 Å². The molecule has 0 saturated carbocycles. The molecule has 0 bridgehead atoms. The third kappa shape index (κ3) is 6.03. The topological polar surface area (TPSA) is 72.9 Å². The van der Waals surface area contributed by atoms with Crippen molar-refractivity contribution in [3.63, 3.8) is 0 Å². The highest BCUT2D eigenvalue weighted by Crippen LogP contribution is 1.84. The van der Waals surface area contributed by atoms with Crippen LogP contribution >= 0.6 is 0 Å². The second kappa shape index (κ2) is 7.19. The smallest absolute Gasteiger partial charge is 0.311 e. The number of amides is 2. The lowest BCUT2D eigenvalue weighted by molar-refractivity contribution is -0.145. The predicted octanol–water partition coefficient (Wildman–Crippen LogP) is -1.89. The molecule has 0 rings (SSSR count). The third-order valence-electron chi connectivity index (χ3n) is 1.82. The summed E-state index contributed by atoms with van der Waals surface area (Å²) in [6.07, 6.45) is 0. The van der Waals surface area contributed by atoms with Crippen molar-refractivity contribution < 1.29 is 14.7 Å². The molecular formula is C9H19N3O3. The van der Waals surface area contributed by atoms with Gasteiger partial charge in [0.2, 0.25) is 0 Å². The Bertz CT molecular complexity index is 219. The number of likely N-dealkylation sites (N-methyl/N-ethyl adjacent to an activating group) is 2. The number of carbonyl (C=O) groups excluding carboxylic acids is 2. The molecule has 0 aliphatic heterocycles. The van der Waals surface area contributed by atoms with Crippen molar-refractivity contribution in [3.8, 4) is 0 Å². The Morgan fingerprint density at radius 1 is 1.20 bits per heavy atom. The van der Waals surface area contributed by atoms with Crippen LogP contribution in [0.3, 0.4) is 0 Å². The van der Waals surface area contributed by atoms with Gasteiger partial charge >= 0.3 is 11.8 Å². The van der Waals surface area contributed by atoms with E-state index in [9.17, 15) is 9.59 Å². The largest absolute Gasteiger partial charge is 0.395 e. The molecule has 0 radical (unpaired) electrons. The fourth-order valence-electron chi connectivity index (χ4n) is 0.894. The van der Waals surface area contributed by atoms with E-state index in [1.165, 1.54) is 11.9 Å². The molecule has 2 N–H and O–H groups in total. The minimum Gasteiger partial charge on any atom is -0.395 e. The Labute approximate surface area is 89.8 Å². The summed E-state index contributed by atoms with van der Waals surface area (Å²) >= 11 is 0. The number of carbonyl (C=O) groups is 2. The van der Waals surface area contributed by atoms with Gasteiger partial charge < -0.3 is 20.2 Å². The summed E-state index contributed by atoms with van der Waals surface area (Å²) in [5.74, 6) is -1.25. The van der Waals surface area contributed by atoms with Gasteiger partial charge in [-0.2, -0.15) is 0 Å². The van der Waals surface area contributed by atoms with Crippen LogP contribution in [0, 0.1) is 0 Å². The van der Waals surface area contributed by atoms with E-state index in [4.69, 9.17) is 5.11 Å². The van der Waals surface area contributed by atoms with Gasteiger partial charge in [0.05, 0.1) is 6.61 Å². The quantitative estimate of drug-likeness (QED) is 0.528. The van der Waals surface area contributed by atoms with Gasteiger partial charge in [0.15, 0.2) is 0 Å². The molecule has 15 heavy (non-hydrogen) atoms. The monoisotopic (exact) mass is 217 g/mol. The lowest BCUT2D eigenvalue weighted by Gasteiger charge is -2.15.